The largest absolute Gasteiger partial charge is 0.311 e. The van der Waals surface area contributed by atoms with Crippen LogP contribution in [-0.2, 0) is 4.79 Å². The Morgan fingerprint density at radius 1 is 1.44 bits per heavy atom. The molecule has 4 nitrogen and oxygen atoms in total. The van der Waals surface area contributed by atoms with Gasteiger partial charge >= 0.3 is 0 Å². The molecule has 0 atom stereocenters. The first kappa shape index (κ1) is 13.1. The van der Waals surface area contributed by atoms with E-state index in [1.54, 1.807) is 6.20 Å². The van der Waals surface area contributed by atoms with Crippen LogP contribution in [0.25, 0.3) is 0 Å². The molecule has 0 bridgehead atoms. The molecule has 1 aromatic rings. The molecule has 1 aromatic heterocycles. The molecule has 0 aliphatic heterocycles. The summed E-state index contributed by atoms with van der Waals surface area (Å²) in [5.41, 5.74) is 0.982. The van der Waals surface area contributed by atoms with E-state index in [1.807, 2.05) is 6.92 Å². The first-order chi connectivity index (χ1) is 8.75. The van der Waals surface area contributed by atoms with Gasteiger partial charge in [-0.3, -0.25) is 9.89 Å². The van der Waals surface area contributed by atoms with Crippen LogP contribution in [-0.4, -0.2) is 16.1 Å². The van der Waals surface area contributed by atoms with Gasteiger partial charge in [0.05, 0.1) is 6.20 Å². The van der Waals surface area contributed by atoms with Gasteiger partial charge in [-0.25, -0.2) is 0 Å². The molecule has 1 aliphatic carbocycles. The maximum atomic E-state index is 11.7. The summed E-state index contributed by atoms with van der Waals surface area (Å²) in [6, 6.07) is 0. The molecule has 0 spiro atoms. The van der Waals surface area contributed by atoms with E-state index in [9.17, 15) is 4.79 Å². The first-order valence-corrected chi connectivity index (χ1v) is 7.05. The Hall–Kier alpha value is -1.32. The first-order valence-electron chi connectivity index (χ1n) is 7.05. The highest BCUT2D eigenvalue weighted by atomic mass is 16.1. The molecule has 2 N–H and O–H groups in total. The van der Waals surface area contributed by atoms with Crippen LogP contribution in [0.5, 0.6) is 0 Å². The van der Waals surface area contributed by atoms with Crippen molar-refractivity contribution in [2.45, 2.75) is 58.3 Å². The number of hydrogen-bond donors (Lipinski definition) is 2. The Kier molecular flexibility index (Phi) is 4.79. The fraction of sp³-hybridized carbons (Fsp3) is 0.714. The van der Waals surface area contributed by atoms with Crippen molar-refractivity contribution < 1.29 is 4.79 Å². The molecule has 1 aliphatic rings. The van der Waals surface area contributed by atoms with Gasteiger partial charge in [0.2, 0.25) is 5.91 Å². The summed E-state index contributed by atoms with van der Waals surface area (Å²) in [7, 11) is 0. The molecule has 1 amide bonds. The monoisotopic (exact) mass is 249 g/mol. The van der Waals surface area contributed by atoms with E-state index in [1.165, 1.54) is 38.5 Å². The highest BCUT2D eigenvalue weighted by molar-refractivity contribution is 5.90. The molecule has 18 heavy (non-hydrogen) atoms. The average Bonchev–Trinajstić information content (AvgIpc) is 2.76. The molecule has 1 fully saturated rings. The zero-order chi connectivity index (χ0) is 12.8. The standard InChI is InChI=1S/C14H23N3O/c1-11-10-15-17-14(11)16-13(18)9-5-8-12-6-3-2-4-7-12/h10,12H,2-9H2,1H3,(H2,15,16,17,18). The van der Waals surface area contributed by atoms with Gasteiger partial charge in [-0.1, -0.05) is 32.1 Å². The highest BCUT2D eigenvalue weighted by Gasteiger charge is 2.14. The summed E-state index contributed by atoms with van der Waals surface area (Å²) in [6.45, 7) is 1.93. The van der Waals surface area contributed by atoms with Gasteiger partial charge in [-0.2, -0.15) is 5.10 Å². The molecular weight excluding hydrogens is 226 g/mol. The average molecular weight is 249 g/mol. The smallest absolute Gasteiger partial charge is 0.225 e. The van der Waals surface area contributed by atoms with Crippen molar-refractivity contribution >= 4 is 11.7 Å². The van der Waals surface area contributed by atoms with Crippen molar-refractivity contribution in [1.29, 1.82) is 0 Å². The lowest BCUT2D eigenvalue weighted by molar-refractivity contribution is -0.116. The van der Waals surface area contributed by atoms with Crippen molar-refractivity contribution in [3.05, 3.63) is 11.8 Å². The van der Waals surface area contributed by atoms with Gasteiger partial charge in [-0.05, 0) is 25.7 Å². The summed E-state index contributed by atoms with van der Waals surface area (Å²) in [5, 5.41) is 9.55. The zero-order valence-electron chi connectivity index (χ0n) is 11.2. The second-order valence-electron chi connectivity index (χ2n) is 5.37. The summed E-state index contributed by atoms with van der Waals surface area (Å²) in [5.74, 6) is 1.69. The minimum atomic E-state index is 0.0955. The number of nitrogens with zero attached hydrogens (tertiary/aromatic N) is 1. The number of anilines is 1. The Labute approximate surface area is 109 Å². The lowest BCUT2D eigenvalue weighted by Crippen LogP contribution is -2.13. The van der Waals surface area contributed by atoms with Crippen LogP contribution in [0, 0.1) is 12.8 Å². The van der Waals surface area contributed by atoms with Gasteiger partial charge < -0.3 is 5.32 Å². The van der Waals surface area contributed by atoms with Crippen LogP contribution in [0.3, 0.4) is 0 Å². The normalized spacial score (nSPS) is 16.7. The van der Waals surface area contributed by atoms with Gasteiger partial charge in [-0.15, -0.1) is 0 Å². The number of H-pyrrole nitrogens is 1. The quantitative estimate of drug-likeness (QED) is 0.840. The Morgan fingerprint density at radius 2 is 2.22 bits per heavy atom. The third kappa shape index (κ3) is 3.86. The number of carbonyl (C=O) groups is 1. The van der Waals surface area contributed by atoms with Gasteiger partial charge in [0.1, 0.15) is 5.82 Å². The van der Waals surface area contributed by atoms with Crippen LogP contribution in [0.2, 0.25) is 0 Å². The van der Waals surface area contributed by atoms with Crippen LogP contribution in [0.15, 0.2) is 6.20 Å². The predicted octanol–water partition coefficient (Wildman–Crippen LogP) is 3.41. The van der Waals surface area contributed by atoms with Crippen molar-refractivity contribution in [3.63, 3.8) is 0 Å². The van der Waals surface area contributed by atoms with Gasteiger partial charge in [0, 0.05) is 12.0 Å². The molecule has 0 aromatic carbocycles. The number of aromatic nitrogens is 2. The van der Waals surface area contributed by atoms with Crippen LogP contribution < -0.4 is 5.32 Å². The fourth-order valence-corrected chi connectivity index (χ4v) is 2.70. The van der Waals surface area contributed by atoms with E-state index >= 15 is 0 Å². The highest BCUT2D eigenvalue weighted by Crippen LogP contribution is 2.27. The van der Waals surface area contributed by atoms with E-state index in [4.69, 9.17) is 0 Å². The molecule has 2 rings (SSSR count). The maximum absolute atomic E-state index is 11.7. The molecule has 1 saturated carbocycles. The second-order valence-corrected chi connectivity index (χ2v) is 5.37. The zero-order valence-corrected chi connectivity index (χ0v) is 11.2. The number of rotatable bonds is 5. The number of hydrogen-bond acceptors (Lipinski definition) is 2. The molecule has 100 valence electrons. The van der Waals surface area contributed by atoms with E-state index in [0.717, 1.165) is 23.7 Å². The Morgan fingerprint density at radius 3 is 2.89 bits per heavy atom. The lowest BCUT2D eigenvalue weighted by Gasteiger charge is -2.21. The lowest BCUT2D eigenvalue weighted by atomic mass is 9.86. The Bertz CT molecular complexity index is 380. The van der Waals surface area contributed by atoms with Crippen molar-refractivity contribution in [3.8, 4) is 0 Å². The topological polar surface area (TPSA) is 57.8 Å². The van der Waals surface area contributed by atoms with Crippen LogP contribution in [0.4, 0.5) is 5.82 Å². The van der Waals surface area contributed by atoms with E-state index in [2.05, 4.69) is 15.5 Å². The molecule has 1 heterocycles. The SMILES string of the molecule is Cc1cn[nH]c1NC(=O)CCCC1CCCCC1. The number of aromatic amines is 1. The summed E-state index contributed by atoms with van der Waals surface area (Å²) in [6.07, 6.45) is 11.4. The van der Waals surface area contributed by atoms with Gasteiger partial charge in [0.15, 0.2) is 0 Å². The summed E-state index contributed by atoms with van der Waals surface area (Å²) >= 11 is 0. The van der Waals surface area contributed by atoms with Crippen LogP contribution >= 0.6 is 0 Å². The van der Waals surface area contributed by atoms with E-state index in [0.29, 0.717) is 6.42 Å². The summed E-state index contributed by atoms with van der Waals surface area (Å²) < 4.78 is 0. The molecule has 0 saturated heterocycles. The number of nitrogens with one attached hydrogen (secondary N) is 2. The minimum Gasteiger partial charge on any atom is -0.311 e. The molecular formula is C14H23N3O. The predicted molar refractivity (Wildman–Crippen MR) is 72.4 cm³/mol. The van der Waals surface area contributed by atoms with Crippen molar-refractivity contribution in [1.82, 2.24) is 10.2 Å². The Balaban J connectivity index is 1.64. The third-order valence-electron chi connectivity index (χ3n) is 3.83. The third-order valence-corrected chi connectivity index (χ3v) is 3.83. The number of amides is 1. The van der Waals surface area contributed by atoms with Crippen molar-refractivity contribution in [2.75, 3.05) is 5.32 Å². The molecule has 0 radical (unpaired) electrons. The van der Waals surface area contributed by atoms with Gasteiger partial charge in [0.25, 0.3) is 0 Å². The van der Waals surface area contributed by atoms with Crippen LogP contribution in [0.1, 0.15) is 56.9 Å². The maximum Gasteiger partial charge on any atom is 0.225 e. The van der Waals surface area contributed by atoms with Crippen molar-refractivity contribution in [2.24, 2.45) is 5.92 Å². The fourth-order valence-electron chi connectivity index (χ4n) is 2.70. The number of aryl methyl sites for hydroxylation is 1. The minimum absolute atomic E-state index is 0.0955. The van der Waals surface area contributed by atoms with E-state index in [-0.39, 0.29) is 5.91 Å². The molecule has 4 heteroatoms. The second kappa shape index (κ2) is 6.57. The number of carbonyl (C=O) groups excluding carboxylic acids is 1. The summed E-state index contributed by atoms with van der Waals surface area (Å²) in [4.78, 5) is 11.7. The molecule has 0 unspecified atom stereocenters. The van der Waals surface area contributed by atoms with E-state index < -0.39 is 0 Å².